The van der Waals surface area contributed by atoms with Crippen molar-refractivity contribution in [2.45, 2.75) is 38.2 Å². The SMILES string of the molecule is Cc1ccc(C)c(SCC(=O)N2CCC(C(C)O)C2)c1. The smallest absolute Gasteiger partial charge is 0.232 e. The number of rotatable bonds is 4. The molecular weight excluding hydrogens is 270 g/mol. The van der Waals surface area contributed by atoms with Crippen LogP contribution in [-0.2, 0) is 4.79 Å². The standard InChI is InChI=1S/C16H23NO2S/c1-11-4-5-12(2)15(8-11)20-10-16(19)17-7-6-14(9-17)13(3)18/h4-5,8,13-14,18H,6-7,9-10H2,1-3H3. The number of aliphatic hydroxyl groups is 1. The summed E-state index contributed by atoms with van der Waals surface area (Å²) in [7, 11) is 0. The zero-order chi connectivity index (χ0) is 14.7. The molecule has 4 heteroatoms. The van der Waals surface area contributed by atoms with E-state index in [0.29, 0.717) is 12.3 Å². The highest BCUT2D eigenvalue weighted by Gasteiger charge is 2.28. The van der Waals surface area contributed by atoms with Crippen LogP contribution in [0.4, 0.5) is 0 Å². The number of thioether (sulfide) groups is 1. The predicted octanol–water partition coefficient (Wildman–Crippen LogP) is 2.62. The average molecular weight is 293 g/mol. The molecule has 2 atom stereocenters. The Balaban J connectivity index is 1.88. The molecule has 1 heterocycles. The van der Waals surface area contributed by atoms with E-state index in [-0.39, 0.29) is 17.9 Å². The zero-order valence-corrected chi connectivity index (χ0v) is 13.2. The summed E-state index contributed by atoms with van der Waals surface area (Å²) in [6.07, 6.45) is 0.594. The van der Waals surface area contributed by atoms with Gasteiger partial charge in [-0.25, -0.2) is 0 Å². The maximum atomic E-state index is 12.2. The molecule has 1 amide bonds. The second-order valence-electron chi connectivity index (χ2n) is 5.69. The normalized spacial score (nSPS) is 20.2. The molecule has 0 saturated carbocycles. The molecule has 1 aliphatic rings. The molecule has 1 aromatic rings. The number of carbonyl (C=O) groups is 1. The molecule has 0 spiro atoms. The predicted molar refractivity (Wildman–Crippen MR) is 83.0 cm³/mol. The van der Waals surface area contributed by atoms with Crippen LogP contribution in [-0.4, -0.2) is 40.9 Å². The fourth-order valence-corrected chi connectivity index (χ4v) is 3.53. The van der Waals surface area contributed by atoms with Gasteiger partial charge in [-0.05, 0) is 38.8 Å². The second kappa shape index (κ2) is 6.64. The molecule has 0 aromatic heterocycles. The third kappa shape index (κ3) is 3.76. The monoisotopic (exact) mass is 293 g/mol. The van der Waals surface area contributed by atoms with Crippen molar-refractivity contribution in [3.63, 3.8) is 0 Å². The van der Waals surface area contributed by atoms with Crippen LogP contribution in [0.25, 0.3) is 0 Å². The summed E-state index contributed by atoms with van der Waals surface area (Å²) in [4.78, 5) is 15.3. The van der Waals surface area contributed by atoms with E-state index in [4.69, 9.17) is 0 Å². The van der Waals surface area contributed by atoms with Crippen molar-refractivity contribution < 1.29 is 9.90 Å². The number of likely N-dealkylation sites (tertiary alicyclic amines) is 1. The minimum atomic E-state index is -0.320. The van der Waals surface area contributed by atoms with Gasteiger partial charge in [-0.2, -0.15) is 0 Å². The largest absolute Gasteiger partial charge is 0.393 e. The van der Waals surface area contributed by atoms with Crippen LogP contribution < -0.4 is 0 Å². The summed E-state index contributed by atoms with van der Waals surface area (Å²) < 4.78 is 0. The Hall–Kier alpha value is -1.00. The number of amides is 1. The van der Waals surface area contributed by atoms with Gasteiger partial charge in [-0.3, -0.25) is 4.79 Å². The topological polar surface area (TPSA) is 40.5 Å². The first kappa shape index (κ1) is 15.4. The van der Waals surface area contributed by atoms with Crippen LogP contribution in [0.3, 0.4) is 0 Å². The van der Waals surface area contributed by atoms with Crippen LogP contribution >= 0.6 is 11.8 Å². The van der Waals surface area contributed by atoms with Gasteiger partial charge in [0.05, 0.1) is 11.9 Å². The fraction of sp³-hybridized carbons (Fsp3) is 0.562. The first-order valence-electron chi connectivity index (χ1n) is 7.13. The molecule has 1 fully saturated rings. The third-order valence-electron chi connectivity index (χ3n) is 3.95. The molecule has 2 rings (SSSR count). The Labute approximate surface area is 125 Å². The van der Waals surface area contributed by atoms with Crippen LogP contribution in [0.2, 0.25) is 0 Å². The Morgan fingerprint density at radius 1 is 1.50 bits per heavy atom. The molecule has 3 nitrogen and oxygen atoms in total. The summed E-state index contributed by atoms with van der Waals surface area (Å²) in [5, 5.41) is 9.58. The molecule has 1 N–H and O–H groups in total. The molecule has 0 aliphatic carbocycles. The van der Waals surface area contributed by atoms with Crippen molar-refractivity contribution >= 4 is 17.7 Å². The first-order chi connectivity index (χ1) is 9.47. The average Bonchev–Trinajstić information content (AvgIpc) is 2.89. The molecule has 1 aliphatic heterocycles. The van der Waals surface area contributed by atoms with Crippen molar-refractivity contribution in [2.24, 2.45) is 5.92 Å². The lowest BCUT2D eigenvalue weighted by Crippen LogP contribution is -2.31. The Kier molecular flexibility index (Phi) is 5.11. The molecule has 2 unspecified atom stereocenters. The van der Waals surface area contributed by atoms with Crippen molar-refractivity contribution in [1.29, 1.82) is 0 Å². The zero-order valence-electron chi connectivity index (χ0n) is 12.4. The van der Waals surface area contributed by atoms with Crippen LogP contribution in [0.15, 0.2) is 23.1 Å². The summed E-state index contributed by atoms with van der Waals surface area (Å²) in [6, 6.07) is 6.33. The molecular formula is C16H23NO2S. The number of aliphatic hydroxyl groups excluding tert-OH is 1. The minimum absolute atomic E-state index is 0.180. The van der Waals surface area contributed by atoms with Gasteiger partial charge in [0.1, 0.15) is 0 Å². The van der Waals surface area contributed by atoms with E-state index >= 15 is 0 Å². The van der Waals surface area contributed by atoms with E-state index in [1.165, 1.54) is 16.0 Å². The van der Waals surface area contributed by atoms with Gasteiger partial charge in [0.15, 0.2) is 0 Å². The molecule has 0 radical (unpaired) electrons. The van der Waals surface area contributed by atoms with Gasteiger partial charge in [0, 0.05) is 23.9 Å². The van der Waals surface area contributed by atoms with Gasteiger partial charge < -0.3 is 10.0 Å². The van der Waals surface area contributed by atoms with Crippen molar-refractivity contribution in [3.05, 3.63) is 29.3 Å². The van der Waals surface area contributed by atoms with Crippen LogP contribution in [0, 0.1) is 19.8 Å². The molecule has 1 saturated heterocycles. The van der Waals surface area contributed by atoms with Crippen molar-refractivity contribution in [3.8, 4) is 0 Å². The molecule has 1 aromatic carbocycles. The summed E-state index contributed by atoms with van der Waals surface area (Å²) >= 11 is 1.61. The van der Waals surface area contributed by atoms with Crippen molar-refractivity contribution in [2.75, 3.05) is 18.8 Å². The van der Waals surface area contributed by atoms with E-state index in [9.17, 15) is 9.90 Å². The first-order valence-corrected chi connectivity index (χ1v) is 8.12. The molecule has 110 valence electrons. The highest BCUT2D eigenvalue weighted by atomic mass is 32.2. The number of nitrogens with zero attached hydrogens (tertiary/aromatic N) is 1. The van der Waals surface area contributed by atoms with Crippen LogP contribution in [0.5, 0.6) is 0 Å². The quantitative estimate of drug-likeness (QED) is 0.868. The van der Waals surface area contributed by atoms with E-state index in [0.717, 1.165) is 13.0 Å². The van der Waals surface area contributed by atoms with E-state index < -0.39 is 0 Å². The highest BCUT2D eigenvalue weighted by Crippen LogP contribution is 2.25. The lowest BCUT2D eigenvalue weighted by atomic mass is 10.0. The number of carbonyl (C=O) groups excluding carboxylic acids is 1. The van der Waals surface area contributed by atoms with Gasteiger partial charge in [0.2, 0.25) is 5.91 Å². The van der Waals surface area contributed by atoms with E-state index in [2.05, 4.69) is 32.0 Å². The van der Waals surface area contributed by atoms with E-state index in [1.807, 2.05) is 11.8 Å². The Bertz CT molecular complexity index is 487. The summed E-state index contributed by atoms with van der Waals surface area (Å²) in [5.74, 6) is 0.903. The van der Waals surface area contributed by atoms with Gasteiger partial charge in [-0.1, -0.05) is 17.7 Å². The fourth-order valence-electron chi connectivity index (χ4n) is 2.50. The minimum Gasteiger partial charge on any atom is -0.393 e. The molecule has 0 bridgehead atoms. The van der Waals surface area contributed by atoms with Gasteiger partial charge in [0.25, 0.3) is 0 Å². The molecule has 20 heavy (non-hydrogen) atoms. The lowest BCUT2D eigenvalue weighted by Gasteiger charge is -2.18. The summed E-state index contributed by atoms with van der Waals surface area (Å²) in [6.45, 7) is 7.43. The lowest BCUT2D eigenvalue weighted by molar-refractivity contribution is -0.127. The van der Waals surface area contributed by atoms with E-state index in [1.54, 1.807) is 11.8 Å². The van der Waals surface area contributed by atoms with Gasteiger partial charge in [-0.15, -0.1) is 11.8 Å². The van der Waals surface area contributed by atoms with Gasteiger partial charge >= 0.3 is 0 Å². The second-order valence-corrected chi connectivity index (χ2v) is 6.70. The highest BCUT2D eigenvalue weighted by molar-refractivity contribution is 8.00. The Morgan fingerprint density at radius 3 is 2.90 bits per heavy atom. The number of benzene rings is 1. The Morgan fingerprint density at radius 2 is 2.25 bits per heavy atom. The number of hydrogen-bond donors (Lipinski definition) is 1. The maximum Gasteiger partial charge on any atom is 0.232 e. The summed E-state index contributed by atoms with van der Waals surface area (Å²) in [5.41, 5.74) is 2.44. The maximum absolute atomic E-state index is 12.2. The van der Waals surface area contributed by atoms with Crippen molar-refractivity contribution in [1.82, 2.24) is 4.90 Å². The number of hydrogen-bond acceptors (Lipinski definition) is 3. The number of aryl methyl sites for hydroxylation is 2. The van der Waals surface area contributed by atoms with Crippen LogP contribution in [0.1, 0.15) is 24.5 Å². The third-order valence-corrected chi connectivity index (χ3v) is 5.10.